The van der Waals surface area contributed by atoms with Gasteiger partial charge in [-0.15, -0.1) is 11.3 Å². The van der Waals surface area contributed by atoms with Crippen molar-refractivity contribution in [1.82, 2.24) is 9.29 Å². The molecule has 19 heavy (non-hydrogen) atoms. The van der Waals surface area contributed by atoms with Crippen molar-refractivity contribution < 1.29 is 8.42 Å². The number of nitrogens with zero attached hydrogens (tertiary/aromatic N) is 2. The highest BCUT2D eigenvalue weighted by Crippen LogP contribution is 2.46. The molecule has 1 aromatic heterocycles. The SMILES string of the molecule is Cc1nc2c(s1)CN(S(=O)(=O)CC1(C)CC(C)C1)C2. The lowest BCUT2D eigenvalue weighted by atomic mass is 9.65. The molecule has 1 aromatic rings. The summed E-state index contributed by atoms with van der Waals surface area (Å²) in [7, 11) is -3.15. The molecule has 0 aromatic carbocycles. The number of aromatic nitrogens is 1. The Bertz CT molecular complexity index is 577. The van der Waals surface area contributed by atoms with E-state index in [2.05, 4.69) is 18.8 Å². The highest BCUT2D eigenvalue weighted by atomic mass is 32.2. The van der Waals surface area contributed by atoms with Crippen LogP contribution in [0.25, 0.3) is 0 Å². The smallest absolute Gasteiger partial charge is 0.215 e. The second-order valence-electron chi connectivity index (χ2n) is 6.45. The molecule has 0 bridgehead atoms. The third-order valence-corrected chi connectivity index (χ3v) is 7.24. The number of hydrogen-bond acceptors (Lipinski definition) is 4. The van der Waals surface area contributed by atoms with E-state index in [9.17, 15) is 8.42 Å². The van der Waals surface area contributed by atoms with E-state index in [4.69, 9.17) is 0 Å². The Kier molecular flexibility index (Phi) is 3.04. The van der Waals surface area contributed by atoms with Crippen LogP contribution in [0.15, 0.2) is 0 Å². The number of aryl methyl sites for hydroxylation is 1. The van der Waals surface area contributed by atoms with Crippen LogP contribution >= 0.6 is 11.3 Å². The van der Waals surface area contributed by atoms with Gasteiger partial charge in [-0.3, -0.25) is 0 Å². The maximum absolute atomic E-state index is 12.5. The average Bonchev–Trinajstić information content (AvgIpc) is 2.71. The first-order valence-corrected chi connectivity index (χ1v) is 9.13. The number of sulfonamides is 1. The molecule has 2 aliphatic rings. The summed E-state index contributed by atoms with van der Waals surface area (Å²) in [6.07, 6.45) is 2.05. The van der Waals surface area contributed by atoms with Crippen LogP contribution in [0, 0.1) is 18.3 Å². The van der Waals surface area contributed by atoms with E-state index in [1.54, 1.807) is 15.6 Å². The Morgan fingerprint density at radius 3 is 2.68 bits per heavy atom. The van der Waals surface area contributed by atoms with E-state index < -0.39 is 10.0 Å². The summed E-state index contributed by atoms with van der Waals surface area (Å²) in [6, 6.07) is 0. The lowest BCUT2D eigenvalue weighted by Gasteiger charge is -2.44. The molecule has 1 aliphatic heterocycles. The zero-order valence-electron chi connectivity index (χ0n) is 11.6. The molecule has 1 aliphatic carbocycles. The summed E-state index contributed by atoms with van der Waals surface area (Å²) in [5, 5.41) is 1.03. The maximum Gasteiger partial charge on any atom is 0.215 e. The van der Waals surface area contributed by atoms with Crippen molar-refractivity contribution in [3.63, 3.8) is 0 Å². The summed E-state index contributed by atoms with van der Waals surface area (Å²) in [5.74, 6) is 0.961. The fraction of sp³-hybridized carbons (Fsp3) is 0.769. The Balaban J connectivity index is 1.71. The summed E-state index contributed by atoms with van der Waals surface area (Å²) >= 11 is 1.62. The number of thiazole rings is 1. The van der Waals surface area contributed by atoms with E-state index in [-0.39, 0.29) is 11.2 Å². The van der Waals surface area contributed by atoms with E-state index >= 15 is 0 Å². The molecule has 0 radical (unpaired) electrons. The van der Waals surface area contributed by atoms with Gasteiger partial charge in [-0.05, 0) is 31.1 Å². The van der Waals surface area contributed by atoms with E-state index in [1.807, 2.05) is 6.92 Å². The molecule has 1 saturated carbocycles. The first kappa shape index (κ1) is 13.5. The van der Waals surface area contributed by atoms with Crippen molar-refractivity contribution >= 4 is 21.4 Å². The fourth-order valence-electron chi connectivity index (χ4n) is 3.61. The van der Waals surface area contributed by atoms with Gasteiger partial charge in [0.25, 0.3) is 0 Å². The van der Waals surface area contributed by atoms with Gasteiger partial charge in [0.1, 0.15) is 0 Å². The predicted molar refractivity (Wildman–Crippen MR) is 76.4 cm³/mol. The zero-order chi connectivity index (χ0) is 13.8. The lowest BCUT2D eigenvalue weighted by molar-refractivity contribution is 0.113. The molecule has 3 rings (SSSR count). The van der Waals surface area contributed by atoms with Crippen LogP contribution in [0.1, 0.15) is 42.3 Å². The highest BCUT2D eigenvalue weighted by Gasteiger charge is 2.43. The van der Waals surface area contributed by atoms with E-state index in [0.29, 0.717) is 19.0 Å². The molecule has 0 amide bonds. The summed E-state index contributed by atoms with van der Waals surface area (Å²) < 4.78 is 26.6. The quantitative estimate of drug-likeness (QED) is 0.862. The van der Waals surface area contributed by atoms with Gasteiger partial charge in [-0.1, -0.05) is 13.8 Å². The summed E-state index contributed by atoms with van der Waals surface area (Å²) in [6.45, 7) is 7.24. The molecule has 2 heterocycles. The van der Waals surface area contributed by atoms with Crippen molar-refractivity contribution in [2.45, 2.75) is 46.7 Å². The monoisotopic (exact) mass is 300 g/mol. The molecule has 0 unspecified atom stereocenters. The Morgan fingerprint density at radius 1 is 1.42 bits per heavy atom. The topological polar surface area (TPSA) is 50.3 Å². The van der Waals surface area contributed by atoms with Crippen LogP contribution in [0.2, 0.25) is 0 Å². The van der Waals surface area contributed by atoms with Crippen LogP contribution in [-0.2, 0) is 23.1 Å². The number of rotatable bonds is 3. The predicted octanol–water partition coefficient (Wildman–Crippen LogP) is 2.53. The largest absolute Gasteiger partial charge is 0.245 e. The molecule has 4 nitrogen and oxygen atoms in total. The molecule has 0 N–H and O–H groups in total. The van der Waals surface area contributed by atoms with Crippen molar-refractivity contribution in [3.05, 3.63) is 15.6 Å². The molecule has 6 heteroatoms. The fourth-order valence-corrected chi connectivity index (χ4v) is 6.60. The Hall–Kier alpha value is -0.460. The summed E-state index contributed by atoms with van der Waals surface area (Å²) in [5.41, 5.74) is 0.940. The minimum atomic E-state index is -3.15. The molecule has 0 atom stereocenters. The van der Waals surface area contributed by atoms with Crippen molar-refractivity contribution in [2.75, 3.05) is 5.75 Å². The van der Waals surface area contributed by atoms with Crippen LogP contribution in [0.5, 0.6) is 0 Å². The minimum Gasteiger partial charge on any atom is -0.245 e. The molecular formula is C13H20N2O2S2. The average molecular weight is 300 g/mol. The lowest BCUT2D eigenvalue weighted by Crippen LogP contribution is -2.43. The van der Waals surface area contributed by atoms with Gasteiger partial charge < -0.3 is 0 Å². The second-order valence-corrected chi connectivity index (χ2v) is 9.71. The number of hydrogen-bond donors (Lipinski definition) is 0. The van der Waals surface area contributed by atoms with Crippen LogP contribution in [0.4, 0.5) is 0 Å². The Morgan fingerprint density at radius 2 is 2.11 bits per heavy atom. The minimum absolute atomic E-state index is 0.0163. The van der Waals surface area contributed by atoms with Crippen molar-refractivity contribution in [3.8, 4) is 0 Å². The van der Waals surface area contributed by atoms with Gasteiger partial charge in [0.15, 0.2) is 0 Å². The molecular weight excluding hydrogens is 280 g/mol. The normalized spacial score (nSPS) is 31.2. The zero-order valence-corrected chi connectivity index (χ0v) is 13.3. The van der Waals surface area contributed by atoms with Gasteiger partial charge in [-0.25, -0.2) is 13.4 Å². The van der Waals surface area contributed by atoms with Crippen LogP contribution in [-0.4, -0.2) is 23.5 Å². The van der Waals surface area contributed by atoms with Gasteiger partial charge in [-0.2, -0.15) is 4.31 Å². The van der Waals surface area contributed by atoms with Gasteiger partial charge >= 0.3 is 0 Å². The van der Waals surface area contributed by atoms with Crippen LogP contribution in [0.3, 0.4) is 0 Å². The third kappa shape index (κ3) is 2.45. The maximum atomic E-state index is 12.5. The van der Waals surface area contributed by atoms with Crippen molar-refractivity contribution in [2.24, 2.45) is 11.3 Å². The van der Waals surface area contributed by atoms with Crippen molar-refractivity contribution in [1.29, 1.82) is 0 Å². The molecule has 1 fully saturated rings. The number of fused-ring (bicyclic) bond motifs is 1. The molecule has 0 spiro atoms. The van der Waals surface area contributed by atoms with Crippen LogP contribution < -0.4 is 0 Å². The molecule has 0 saturated heterocycles. The van der Waals surface area contributed by atoms with E-state index in [1.165, 1.54) is 0 Å². The van der Waals surface area contributed by atoms with E-state index in [0.717, 1.165) is 28.4 Å². The first-order chi connectivity index (χ1) is 8.77. The first-order valence-electron chi connectivity index (χ1n) is 6.70. The standard InChI is InChI=1S/C13H20N2O2S2/c1-9-4-13(3,5-9)8-19(16,17)15-6-11-12(7-15)18-10(2)14-11/h9H,4-8H2,1-3H3. The van der Waals surface area contributed by atoms with Gasteiger partial charge in [0, 0.05) is 4.88 Å². The van der Waals surface area contributed by atoms with Gasteiger partial charge in [0.05, 0.1) is 29.5 Å². The Labute approximate surface area is 118 Å². The third-order valence-electron chi connectivity index (χ3n) is 4.14. The summed E-state index contributed by atoms with van der Waals surface area (Å²) in [4.78, 5) is 5.53. The van der Waals surface area contributed by atoms with Gasteiger partial charge in [0.2, 0.25) is 10.0 Å². The second kappa shape index (κ2) is 4.27. The molecule has 106 valence electrons. The highest BCUT2D eigenvalue weighted by molar-refractivity contribution is 7.89.